The lowest BCUT2D eigenvalue weighted by Gasteiger charge is -2.07. The van der Waals surface area contributed by atoms with Crippen LogP contribution in [0, 0.1) is 3.57 Å². The minimum absolute atomic E-state index is 0.598. The zero-order valence-corrected chi connectivity index (χ0v) is 10.3. The maximum atomic E-state index is 3.54. The molecule has 0 spiro atoms. The zero-order chi connectivity index (χ0) is 8.43. The van der Waals surface area contributed by atoms with Gasteiger partial charge in [-0.25, -0.2) is 0 Å². The monoisotopic (exact) mass is 324 g/mol. The molecule has 0 nitrogen and oxygen atoms in total. The number of rotatable bonds is 1. The molecule has 1 aromatic rings. The number of benzene rings is 1. The Morgan fingerprint density at radius 2 is 2.00 bits per heavy atom. The number of hydrogen-bond acceptors (Lipinski definition) is 0. The molecular formula is C9H10BrI. The average Bonchev–Trinajstić information content (AvgIpc) is 1.85. The van der Waals surface area contributed by atoms with Crippen LogP contribution in [-0.2, 0) is 0 Å². The molecule has 0 atom stereocenters. The molecule has 0 heterocycles. The maximum Gasteiger partial charge on any atom is 0.0220 e. The third kappa shape index (κ3) is 2.44. The van der Waals surface area contributed by atoms with Gasteiger partial charge in [-0.2, -0.15) is 0 Å². The van der Waals surface area contributed by atoms with Crippen molar-refractivity contribution in [2.24, 2.45) is 0 Å². The lowest BCUT2D eigenvalue weighted by molar-refractivity contribution is 0.860. The smallest absolute Gasteiger partial charge is 0.0220 e. The van der Waals surface area contributed by atoms with E-state index in [1.165, 1.54) is 13.6 Å². The molecule has 2 heteroatoms. The van der Waals surface area contributed by atoms with Crippen LogP contribution < -0.4 is 0 Å². The van der Waals surface area contributed by atoms with E-state index in [0.717, 1.165) is 0 Å². The van der Waals surface area contributed by atoms with Gasteiger partial charge < -0.3 is 0 Å². The van der Waals surface area contributed by atoms with Crippen molar-refractivity contribution in [2.75, 3.05) is 0 Å². The van der Waals surface area contributed by atoms with Crippen molar-refractivity contribution in [3.63, 3.8) is 0 Å². The quantitative estimate of drug-likeness (QED) is 0.680. The highest BCUT2D eigenvalue weighted by molar-refractivity contribution is 14.1. The third-order valence-electron chi connectivity index (χ3n) is 1.58. The van der Waals surface area contributed by atoms with Crippen molar-refractivity contribution in [2.45, 2.75) is 19.8 Å². The zero-order valence-electron chi connectivity index (χ0n) is 6.57. The van der Waals surface area contributed by atoms with E-state index in [0.29, 0.717) is 5.92 Å². The molecule has 0 aromatic heterocycles. The van der Waals surface area contributed by atoms with Crippen molar-refractivity contribution in [1.29, 1.82) is 0 Å². The highest BCUT2D eigenvalue weighted by Gasteiger charge is 2.03. The molecule has 60 valence electrons. The summed E-state index contributed by atoms with van der Waals surface area (Å²) >= 11 is 5.86. The summed E-state index contributed by atoms with van der Waals surface area (Å²) in [5.74, 6) is 0.598. The van der Waals surface area contributed by atoms with E-state index in [4.69, 9.17) is 0 Å². The molecular weight excluding hydrogens is 315 g/mol. The Bertz CT molecular complexity index is 256. The molecule has 0 fully saturated rings. The van der Waals surface area contributed by atoms with Gasteiger partial charge in [0.2, 0.25) is 0 Å². The summed E-state index contributed by atoms with van der Waals surface area (Å²) in [6.45, 7) is 4.40. The van der Waals surface area contributed by atoms with Gasteiger partial charge in [-0.3, -0.25) is 0 Å². The van der Waals surface area contributed by atoms with Gasteiger partial charge in [0.15, 0.2) is 0 Å². The fourth-order valence-corrected chi connectivity index (χ4v) is 2.73. The molecule has 0 N–H and O–H groups in total. The van der Waals surface area contributed by atoms with Crippen LogP contribution in [0.4, 0.5) is 0 Å². The fourth-order valence-electron chi connectivity index (χ4n) is 0.970. The highest BCUT2D eigenvalue weighted by Crippen LogP contribution is 2.25. The molecule has 0 radical (unpaired) electrons. The van der Waals surface area contributed by atoms with Crippen molar-refractivity contribution < 1.29 is 0 Å². The van der Waals surface area contributed by atoms with Gasteiger partial charge in [0, 0.05) is 8.04 Å². The normalized spacial score (nSPS) is 10.6. The van der Waals surface area contributed by atoms with Crippen molar-refractivity contribution >= 4 is 38.5 Å². The average molecular weight is 325 g/mol. The lowest BCUT2D eigenvalue weighted by atomic mass is 10.0. The van der Waals surface area contributed by atoms with E-state index in [1.54, 1.807) is 0 Å². The van der Waals surface area contributed by atoms with E-state index in [1.807, 2.05) is 0 Å². The first kappa shape index (κ1) is 9.52. The predicted octanol–water partition coefficient (Wildman–Crippen LogP) is 4.18. The molecule has 0 aliphatic rings. The minimum Gasteiger partial charge on any atom is -0.0586 e. The molecule has 0 amide bonds. The van der Waals surface area contributed by atoms with Crippen LogP contribution >= 0.6 is 38.5 Å². The number of hydrogen-bond donors (Lipinski definition) is 0. The summed E-state index contributed by atoms with van der Waals surface area (Å²) in [6, 6.07) is 6.47. The molecule has 1 rings (SSSR count). The summed E-state index contributed by atoms with van der Waals surface area (Å²) in [4.78, 5) is 0. The Morgan fingerprint density at radius 3 is 2.45 bits per heavy atom. The van der Waals surface area contributed by atoms with Crippen LogP contribution in [0.3, 0.4) is 0 Å². The van der Waals surface area contributed by atoms with Gasteiger partial charge in [-0.05, 0) is 46.2 Å². The van der Waals surface area contributed by atoms with Crippen molar-refractivity contribution in [1.82, 2.24) is 0 Å². The minimum atomic E-state index is 0.598. The Labute approximate surface area is 89.7 Å². The van der Waals surface area contributed by atoms with Crippen LogP contribution in [-0.4, -0.2) is 0 Å². The first-order chi connectivity index (χ1) is 5.11. The first-order valence-electron chi connectivity index (χ1n) is 3.56. The molecule has 0 saturated heterocycles. The molecule has 0 aliphatic heterocycles. The maximum absolute atomic E-state index is 3.54. The Morgan fingerprint density at radius 1 is 1.36 bits per heavy atom. The lowest BCUT2D eigenvalue weighted by Crippen LogP contribution is -1.88. The van der Waals surface area contributed by atoms with Gasteiger partial charge in [0.1, 0.15) is 0 Å². The van der Waals surface area contributed by atoms with E-state index < -0.39 is 0 Å². The predicted molar refractivity (Wildman–Crippen MR) is 60.9 cm³/mol. The second-order valence-corrected chi connectivity index (χ2v) is 4.92. The highest BCUT2D eigenvalue weighted by atomic mass is 127. The summed E-state index contributed by atoms with van der Waals surface area (Å²) in [7, 11) is 0. The van der Waals surface area contributed by atoms with Gasteiger partial charge in [-0.15, -0.1) is 0 Å². The molecule has 11 heavy (non-hydrogen) atoms. The fraction of sp³-hybridized carbons (Fsp3) is 0.333. The summed E-state index contributed by atoms with van der Waals surface area (Å²) in [6.07, 6.45) is 0. The van der Waals surface area contributed by atoms with Crippen molar-refractivity contribution in [3.05, 3.63) is 31.8 Å². The van der Waals surface area contributed by atoms with Gasteiger partial charge in [0.05, 0.1) is 0 Å². The molecule has 0 bridgehead atoms. The molecule has 0 saturated carbocycles. The van der Waals surface area contributed by atoms with Gasteiger partial charge in [-0.1, -0.05) is 35.8 Å². The second-order valence-electron chi connectivity index (χ2n) is 2.82. The standard InChI is InChI=1S/C9H10BrI/c1-6(2)8-4-3-7(11)5-9(8)10/h3-6H,1-2H3. The largest absolute Gasteiger partial charge is 0.0586 e. The molecule has 0 unspecified atom stereocenters. The van der Waals surface area contributed by atoms with Gasteiger partial charge >= 0.3 is 0 Å². The Hall–Kier alpha value is 0.430. The summed E-state index contributed by atoms with van der Waals surface area (Å²) < 4.78 is 2.50. The Kier molecular flexibility index (Phi) is 3.37. The van der Waals surface area contributed by atoms with Crippen LogP contribution in [0.5, 0.6) is 0 Å². The van der Waals surface area contributed by atoms with Crippen LogP contribution in [0.25, 0.3) is 0 Å². The topological polar surface area (TPSA) is 0 Å². The van der Waals surface area contributed by atoms with E-state index in [-0.39, 0.29) is 0 Å². The first-order valence-corrected chi connectivity index (χ1v) is 5.43. The van der Waals surface area contributed by atoms with Crippen LogP contribution in [0.15, 0.2) is 22.7 Å². The van der Waals surface area contributed by atoms with Gasteiger partial charge in [0.25, 0.3) is 0 Å². The Balaban J connectivity index is 3.09. The third-order valence-corrected chi connectivity index (χ3v) is 2.94. The second kappa shape index (κ2) is 3.90. The van der Waals surface area contributed by atoms with E-state index in [2.05, 4.69) is 70.6 Å². The molecule has 0 aliphatic carbocycles. The SMILES string of the molecule is CC(C)c1ccc(I)cc1Br. The summed E-state index contributed by atoms with van der Waals surface area (Å²) in [5, 5.41) is 0. The van der Waals surface area contributed by atoms with E-state index >= 15 is 0 Å². The summed E-state index contributed by atoms with van der Waals surface area (Å²) in [5.41, 5.74) is 1.38. The van der Waals surface area contributed by atoms with Crippen LogP contribution in [0.1, 0.15) is 25.3 Å². The molecule has 1 aromatic carbocycles. The van der Waals surface area contributed by atoms with Crippen molar-refractivity contribution in [3.8, 4) is 0 Å². The van der Waals surface area contributed by atoms with E-state index in [9.17, 15) is 0 Å². The number of halogens is 2. The van der Waals surface area contributed by atoms with Crippen LogP contribution in [0.2, 0.25) is 0 Å².